The molecular formula is C37H22O. The van der Waals surface area contributed by atoms with Crippen LogP contribution in [0, 0.1) is 0 Å². The lowest BCUT2D eigenvalue weighted by molar-refractivity contribution is 0.668. The molecule has 2 aliphatic rings. The van der Waals surface area contributed by atoms with E-state index in [2.05, 4.69) is 127 Å². The number of fused-ring (bicyclic) bond motifs is 15. The quantitative estimate of drug-likeness (QED) is 0.210. The minimum absolute atomic E-state index is 0.454. The standard InChI is InChI=1S/C37H22O/c1-2-12-24-23(11-1)25-13-3-7-17-31(25)37(32-18-8-4-14-26(24)32)33-19-9-5-15-27(33)29-22-36-30(21-34(29)37)28-16-6-10-20-35(28)38-36/h1-22H. The van der Waals surface area contributed by atoms with E-state index < -0.39 is 5.41 Å². The fraction of sp³-hybridized carbons (Fsp3) is 0.0270. The first-order valence-electron chi connectivity index (χ1n) is 13.2. The smallest absolute Gasteiger partial charge is 0.136 e. The molecule has 0 atom stereocenters. The Morgan fingerprint density at radius 2 is 0.816 bits per heavy atom. The van der Waals surface area contributed by atoms with Gasteiger partial charge in [-0.3, -0.25) is 0 Å². The Balaban J connectivity index is 1.55. The number of para-hydroxylation sites is 1. The maximum absolute atomic E-state index is 6.38. The van der Waals surface area contributed by atoms with E-state index in [0.29, 0.717) is 0 Å². The molecule has 6 aromatic carbocycles. The SMILES string of the molecule is c1ccc2c(c1)-c1ccccc1C1(c3ccccc3-2)c2ccccc2-c2cc3oc4ccccc4c3cc21. The monoisotopic (exact) mass is 482 g/mol. The molecule has 1 nitrogen and oxygen atoms in total. The molecule has 9 rings (SSSR count). The molecule has 1 spiro atoms. The molecule has 7 aromatic rings. The molecule has 0 amide bonds. The second-order valence-corrected chi connectivity index (χ2v) is 10.4. The summed E-state index contributed by atoms with van der Waals surface area (Å²) in [4.78, 5) is 0. The highest BCUT2D eigenvalue weighted by atomic mass is 16.3. The molecule has 0 saturated carbocycles. The zero-order valence-corrected chi connectivity index (χ0v) is 20.6. The van der Waals surface area contributed by atoms with Gasteiger partial charge in [-0.25, -0.2) is 0 Å². The normalized spacial score (nSPS) is 14.0. The predicted molar refractivity (Wildman–Crippen MR) is 155 cm³/mol. The summed E-state index contributed by atoms with van der Waals surface area (Å²) in [6.07, 6.45) is 0. The van der Waals surface area contributed by atoms with Gasteiger partial charge in [-0.1, -0.05) is 115 Å². The van der Waals surface area contributed by atoms with Crippen molar-refractivity contribution in [2.75, 3.05) is 0 Å². The zero-order chi connectivity index (χ0) is 24.8. The Labute approximate surface area is 220 Å². The van der Waals surface area contributed by atoms with Gasteiger partial charge in [-0.05, 0) is 73.8 Å². The van der Waals surface area contributed by atoms with Crippen molar-refractivity contribution in [2.45, 2.75) is 5.41 Å². The molecule has 1 aromatic heterocycles. The van der Waals surface area contributed by atoms with Gasteiger partial charge < -0.3 is 4.42 Å². The Morgan fingerprint density at radius 3 is 1.42 bits per heavy atom. The highest BCUT2D eigenvalue weighted by Crippen LogP contribution is 2.62. The lowest BCUT2D eigenvalue weighted by Gasteiger charge is -2.35. The molecule has 2 aliphatic carbocycles. The first-order chi connectivity index (χ1) is 18.9. The molecular weight excluding hydrogens is 460 g/mol. The number of furan rings is 1. The molecule has 176 valence electrons. The molecule has 1 heteroatoms. The molecule has 1 heterocycles. The Bertz CT molecular complexity index is 2020. The van der Waals surface area contributed by atoms with Crippen LogP contribution in [0.1, 0.15) is 22.3 Å². The maximum atomic E-state index is 6.38. The van der Waals surface area contributed by atoms with E-state index in [-0.39, 0.29) is 0 Å². The number of hydrogen-bond donors (Lipinski definition) is 0. The van der Waals surface area contributed by atoms with E-state index in [0.717, 1.165) is 16.6 Å². The van der Waals surface area contributed by atoms with Gasteiger partial charge in [0.05, 0.1) is 5.41 Å². The summed E-state index contributed by atoms with van der Waals surface area (Å²) in [5.74, 6) is 0. The highest BCUT2D eigenvalue weighted by Gasteiger charge is 2.49. The molecule has 0 fully saturated rings. The van der Waals surface area contributed by atoms with Gasteiger partial charge in [0, 0.05) is 10.8 Å². The van der Waals surface area contributed by atoms with E-state index in [9.17, 15) is 0 Å². The van der Waals surface area contributed by atoms with Crippen molar-refractivity contribution in [3.05, 3.63) is 156 Å². The summed E-state index contributed by atoms with van der Waals surface area (Å²) < 4.78 is 6.38. The maximum Gasteiger partial charge on any atom is 0.136 e. The number of hydrogen-bond acceptors (Lipinski definition) is 1. The van der Waals surface area contributed by atoms with Crippen molar-refractivity contribution in [1.82, 2.24) is 0 Å². The first kappa shape index (κ1) is 20.2. The molecule has 0 unspecified atom stereocenters. The van der Waals surface area contributed by atoms with E-state index in [1.807, 2.05) is 6.07 Å². The van der Waals surface area contributed by atoms with E-state index in [1.165, 1.54) is 61.0 Å². The number of benzene rings is 6. The van der Waals surface area contributed by atoms with Crippen molar-refractivity contribution in [1.29, 1.82) is 0 Å². The second-order valence-electron chi connectivity index (χ2n) is 10.4. The zero-order valence-electron chi connectivity index (χ0n) is 20.6. The Morgan fingerprint density at radius 1 is 0.342 bits per heavy atom. The third-order valence-corrected chi connectivity index (χ3v) is 8.71. The highest BCUT2D eigenvalue weighted by molar-refractivity contribution is 6.08. The van der Waals surface area contributed by atoms with Gasteiger partial charge in [-0.2, -0.15) is 0 Å². The van der Waals surface area contributed by atoms with Gasteiger partial charge in [-0.15, -0.1) is 0 Å². The Kier molecular flexibility index (Phi) is 3.78. The minimum atomic E-state index is -0.454. The molecule has 0 radical (unpaired) electrons. The van der Waals surface area contributed by atoms with Crippen molar-refractivity contribution in [3.8, 4) is 33.4 Å². The van der Waals surface area contributed by atoms with Crippen LogP contribution in [0.25, 0.3) is 55.3 Å². The molecule has 0 N–H and O–H groups in total. The summed E-state index contributed by atoms with van der Waals surface area (Å²) in [5.41, 5.74) is 14.4. The summed E-state index contributed by atoms with van der Waals surface area (Å²) in [7, 11) is 0. The Hall–Kier alpha value is -4.88. The molecule has 0 aliphatic heterocycles. The van der Waals surface area contributed by atoms with Crippen LogP contribution in [-0.2, 0) is 5.41 Å². The van der Waals surface area contributed by atoms with Gasteiger partial charge in [0.25, 0.3) is 0 Å². The lowest BCUT2D eigenvalue weighted by atomic mass is 9.66. The summed E-state index contributed by atoms with van der Waals surface area (Å²) in [6, 6.07) is 49.0. The molecule has 0 saturated heterocycles. The first-order valence-corrected chi connectivity index (χ1v) is 13.2. The van der Waals surface area contributed by atoms with E-state index >= 15 is 0 Å². The van der Waals surface area contributed by atoms with Gasteiger partial charge >= 0.3 is 0 Å². The van der Waals surface area contributed by atoms with Crippen molar-refractivity contribution < 1.29 is 4.42 Å². The minimum Gasteiger partial charge on any atom is -0.456 e. The van der Waals surface area contributed by atoms with Crippen LogP contribution in [-0.4, -0.2) is 0 Å². The van der Waals surface area contributed by atoms with Gasteiger partial charge in [0.1, 0.15) is 11.2 Å². The molecule has 38 heavy (non-hydrogen) atoms. The van der Waals surface area contributed by atoms with Crippen LogP contribution in [0.4, 0.5) is 0 Å². The van der Waals surface area contributed by atoms with Crippen molar-refractivity contribution >= 4 is 21.9 Å². The van der Waals surface area contributed by atoms with Gasteiger partial charge in [0.15, 0.2) is 0 Å². The summed E-state index contributed by atoms with van der Waals surface area (Å²) >= 11 is 0. The second kappa shape index (κ2) is 7.12. The lowest BCUT2D eigenvalue weighted by Crippen LogP contribution is -2.29. The fourth-order valence-corrected chi connectivity index (χ4v) is 7.26. The largest absolute Gasteiger partial charge is 0.456 e. The average Bonchev–Trinajstić information content (AvgIpc) is 3.45. The molecule has 0 bridgehead atoms. The fourth-order valence-electron chi connectivity index (χ4n) is 7.26. The van der Waals surface area contributed by atoms with Crippen LogP contribution < -0.4 is 0 Å². The topological polar surface area (TPSA) is 13.1 Å². The van der Waals surface area contributed by atoms with Crippen molar-refractivity contribution in [2.24, 2.45) is 0 Å². The van der Waals surface area contributed by atoms with E-state index in [4.69, 9.17) is 4.42 Å². The average molecular weight is 483 g/mol. The third kappa shape index (κ3) is 2.33. The van der Waals surface area contributed by atoms with Crippen LogP contribution >= 0.6 is 0 Å². The predicted octanol–water partition coefficient (Wildman–Crippen LogP) is 9.60. The number of rotatable bonds is 0. The van der Waals surface area contributed by atoms with Gasteiger partial charge in [0.2, 0.25) is 0 Å². The third-order valence-electron chi connectivity index (χ3n) is 8.71. The summed E-state index contributed by atoms with van der Waals surface area (Å²) in [5, 5.41) is 2.33. The van der Waals surface area contributed by atoms with Crippen LogP contribution in [0.3, 0.4) is 0 Å². The van der Waals surface area contributed by atoms with Crippen LogP contribution in [0.15, 0.2) is 138 Å². The van der Waals surface area contributed by atoms with Crippen molar-refractivity contribution in [3.63, 3.8) is 0 Å². The summed E-state index contributed by atoms with van der Waals surface area (Å²) in [6.45, 7) is 0. The van der Waals surface area contributed by atoms with Crippen LogP contribution in [0.2, 0.25) is 0 Å². The van der Waals surface area contributed by atoms with Crippen LogP contribution in [0.5, 0.6) is 0 Å². The van der Waals surface area contributed by atoms with E-state index in [1.54, 1.807) is 0 Å².